The summed E-state index contributed by atoms with van der Waals surface area (Å²) in [5.41, 5.74) is 16.5. The van der Waals surface area contributed by atoms with Gasteiger partial charge in [-0.15, -0.1) is 29.9 Å². The minimum atomic E-state index is 0. The number of nitrogens with zero attached hydrogens (tertiary/aromatic N) is 3. The monoisotopic (exact) mass is 600 g/mol. The Labute approximate surface area is 261 Å². The highest BCUT2D eigenvalue weighted by atomic mass is 35.5. The molecule has 0 aliphatic carbocycles. The molecule has 0 saturated heterocycles. The zero-order valence-electron chi connectivity index (χ0n) is 23.6. The highest BCUT2D eigenvalue weighted by molar-refractivity contribution is 5.85. The summed E-state index contributed by atoms with van der Waals surface area (Å²) in [5.74, 6) is 1.08. The van der Waals surface area contributed by atoms with E-state index < -0.39 is 0 Å². The summed E-state index contributed by atoms with van der Waals surface area (Å²) >= 11 is 0. The number of pyridine rings is 1. The summed E-state index contributed by atoms with van der Waals surface area (Å²) in [7, 11) is 0. The van der Waals surface area contributed by atoms with Crippen LogP contribution in [0, 0.1) is 0 Å². The molecule has 0 fully saturated rings. The third-order valence-electron chi connectivity index (χ3n) is 6.54. The van der Waals surface area contributed by atoms with Gasteiger partial charge in [-0.05, 0) is 60.8 Å². The highest BCUT2D eigenvalue weighted by Gasteiger charge is 2.14. The average molecular weight is 602 g/mol. The van der Waals surface area contributed by atoms with Crippen molar-refractivity contribution in [3.63, 3.8) is 0 Å². The molecule has 5 aromatic rings. The number of rotatable bonds is 9. The summed E-state index contributed by atoms with van der Waals surface area (Å²) in [6, 6.07) is 45.4. The van der Waals surface area contributed by atoms with E-state index in [2.05, 4.69) is 118 Å². The van der Waals surface area contributed by atoms with E-state index in [4.69, 9.17) is 11.5 Å². The number of halogens is 2. The van der Waals surface area contributed by atoms with Crippen molar-refractivity contribution in [3.8, 4) is 0 Å². The van der Waals surface area contributed by atoms with E-state index in [1.165, 1.54) is 16.7 Å². The second-order valence-electron chi connectivity index (χ2n) is 9.43. The van der Waals surface area contributed by atoms with Crippen LogP contribution < -0.4 is 16.8 Å². The average Bonchev–Trinajstić information content (AvgIpc) is 3.01. The minimum absolute atomic E-state index is 0. The SMILES string of the molecule is CC(NCCC(c1ccccc1)c1ccccc1)c1ccccc1.Cl.Cl.Nc1ccc(N=Nc2ccccc2)c(N)n1. The van der Waals surface area contributed by atoms with Gasteiger partial charge in [0.2, 0.25) is 0 Å². The standard InChI is InChI=1S/C23H25N.C11H11N5.2ClH/c1-19(20-11-5-2-6-12-20)24-18-17-23(21-13-7-3-8-14-21)22-15-9-4-10-16-22;12-10-7-6-9(11(13)14-10)16-15-8-4-2-1-3-5-8;;/h2-16,19,23-24H,17-18H2,1H3;1-7H,(H4,12,13,14);2*1H. The van der Waals surface area contributed by atoms with Crippen LogP contribution in [-0.2, 0) is 0 Å². The Hall–Kier alpha value is -4.23. The first-order valence-corrected chi connectivity index (χ1v) is 13.5. The predicted molar refractivity (Wildman–Crippen MR) is 180 cm³/mol. The smallest absolute Gasteiger partial charge is 0.153 e. The third kappa shape index (κ3) is 10.6. The lowest BCUT2D eigenvalue weighted by molar-refractivity contribution is 0.540. The van der Waals surface area contributed by atoms with Crippen molar-refractivity contribution in [1.29, 1.82) is 0 Å². The van der Waals surface area contributed by atoms with Gasteiger partial charge in [0.1, 0.15) is 11.5 Å². The van der Waals surface area contributed by atoms with Crippen molar-refractivity contribution in [2.24, 2.45) is 10.2 Å². The van der Waals surface area contributed by atoms with Gasteiger partial charge in [-0.3, -0.25) is 0 Å². The van der Waals surface area contributed by atoms with E-state index in [0.29, 0.717) is 23.5 Å². The lowest BCUT2D eigenvalue weighted by Gasteiger charge is -2.20. The van der Waals surface area contributed by atoms with E-state index in [9.17, 15) is 0 Å². The van der Waals surface area contributed by atoms with Crippen LogP contribution in [0.15, 0.2) is 144 Å². The molecule has 218 valence electrons. The Morgan fingerprint density at radius 2 is 1.10 bits per heavy atom. The highest BCUT2D eigenvalue weighted by Crippen LogP contribution is 2.28. The van der Waals surface area contributed by atoms with Crippen LogP contribution in [0.5, 0.6) is 0 Å². The molecule has 0 aliphatic heterocycles. The summed E-state index contributed by atoms with van der Waals surface area (Å²) in [6.07, 6.45) is 1.09. The van der Waals surface area contributed by atoms with Crippen LogP contribution >= 0.6 is 24.8 Å². The van der Waals surface area contributed by atoms with Crippen molar-refractivity contribution in [3.05, 3.63) is 150 Å². The molecular formula is C34H38Cl2N6. The van der Waals surface area contributed by atoms with Gasteiger partial charge in [0.05, 0.1) is 5.69 Å². The summed E-state index contributed by atoms with van der Waals surface area (Å²) in [5, 5.41) is 11.7. The molecule has 5 rings (SSSR count). The molecule has 1 aromatic heterocycles. The Morgan fingerprint density at radius 1 is 0.619 bits per heavy atom. The largest absolute Gasteiger partial charge is 0.384 e. The zero-order chi connectivity index (χ0) is 28.0. The lowest BCUT2D eigenvalue weighted by Crippen LogP contribution is -2.21. The molecule has 5 N–H and O–H groups in total. The quantitative estimate of drug-likeness (QED) is 0.147. The molecule has 0 spiro atoms. The van der Waals surface area contributed by atoms with E-state index in [1.54, 1.807) is 12.1 Å². The van der Waals surface area contributed by atoms with Crippen LogP contribution in [0.2, 0.25) is 0 Å². The summed E-state index contributed by atoms with van der Waals surface area (Å²) in [6.45, 7) is 3.22. The molecule has 4 aromatic carbocycles. The topological polar surface area (TPSA) is 102 Å². The first-order valence-electron chi connectivity index (χ1n) is 13.5. The van der Waals surface area contributed by atoms with Crippen LogP contribution in [0.25, 0.3) is 0 Å². The molecule has 0 bridgehead atoms. The maximum Gasteiger partial charge on any atom is 0.153 e. The number of hydrogen-bond donors (Lipinski definition) is 3. The van der Waals surface area contributed by atoms with Crippen molar-refractivity contribution < 1.29 is 0 Å². The number of anilines is 2. The van der Waals surface area contributed by atoms with Crippen molar-refractivity contribution in [2.45, 2.75) is 25.3 Å². The fourth-order valence-electron chi connectivity index (χ4n) is 4.37. The number of nitrogens with one attached hydrogen (secondary N) is 1. The Balaban J connectivity index is 0.000000301. The molecule has 0 amide bonds. The second kappa shape index (κ2) is 18.3. The van der Waals surface area contributed by atoms with Crippen molar-refractivity contribution in [2.75, 3.05) is 18.0 Å². The molecular weight excluding hydrogens is 563 g/mol. The van der Waals surface area contributed by atoms with Gasteiger partial charge in [0.25, 0.3) is 0 Å². The number of benzene rings is 4. The zero-order valence-corrected chi connectivity index (χ0v) is 25.2. The molecule has 1 atom stereocenters. The number of hydrogen-bond acceptors (Lipinski definition) is 6. The molecule has 0 radical (unpaired) electrons. The van der Waals surface area contributed by atoms with Crippen molar-refractivity contribution in [1.82, 2.24) is 10.3 Å². The predicted octanol–water partition coefficient (Wildman–Crippen LogP) is 9.06. The van der Waals surface area contributed by atoms with Crippen LogP contribution in [-0.4, -0.2) is 11.5 Å². The first kappa shape index (κ1) is 34.0. The van der Waals surface area contributed by atoms with Gasteiger partial charge in [-0.1, -0.05) is 109 Å². The van der Waals surface area contributed by atoms with Gasteiger partial charge >= 0.3 is 0 Å². The Kier molecular flexibility index (Phi) is 14.8. The van der Waals surface area contributed by atoms with Gasteiger partial charge in [-0.2, -0.15) is 5.11 Å². The van der Waals surface area contributed by atoms with Gasteiger partial charge in [-0.25, -0.2) is 4.98 Å². The number of nitrogens with two attached hydrogens (primary N) is 2. The Morgan fingerprint density at radius 3 is 1.60 bits per heavy atom. The maximum absolute atomic E-state index is 5.64. The lowest BCUT2D eigenvalue weighted by atomic mass is 9.88. The van der Waals surface area contributed by atoms with E-state index >= 15 is 0 Å². The van der Waals surface area contributed by atoms with Crippen LogP contribution in [0.1, 0.15) is 42.0 Å². The normalized spacial score (nSPS) is 11.1. The maximum atomic E-state index is 5.64. The number of nitrogen functional groups attached to an aromatic ring is 2. The van der Waals surface area contributed by atoms with Gasteiger partial charge in [0, 0.05) is 12.0 Å². The fraction of sp³-hybridized carbons (Fsp3) is 0.147. The molecule has 8 heteroatoms. The van der Waals surface area contributed by atoms with Crippen LogP contribution in [0.3, 0.4) is 0 Å². The molecule has 1 heterocycles. The molecule has 0 aliphatic rings. The second-order valence-corrected chi connectivity index (χ2v) is 9.43. The van der Waals surface area contributed by atoms with E-state index in [0.717, 1.165) is 18.7 Å². The molecule has 0 saturated carbocycles. The Bertz CT molecular complexity index is 1410. The number of azo groups is 1. The summed E-state index contributed by atoms with van der Waals surface area (Å²) in [4.78, 5) is 3.89. The van der Waals surface area contributed by atoms with E-state index in [1.807, 2.05) is 30.3 Å². The molecule has 42 heavy (non-hydrogen) atoms. The van der Waals surface area contributed by atoms with Crippen LogP contribution in [0.4, 0.5) is 23.0 Å². The summed E-state index contributed by atoms with van der Waals surface area (Å²) < 4.78 is 0. The minimum Gasteiger partial charge on any atom is -0.384 e. The number of aromatic nitrogens is 1. The van der Waals surface area contributed by atoms with Gasteiger partial charge in [0.15, 0.2) is 5.82 Å². The molecule has 6 nitrogen and oxygen atoms in total. The first-order chi connectivity index (χ1) is 19.6. The fourth-order valence-corrected chi connectivity index (χ4v) is 4.37. The van der Waals surface area contributed by atoms with Crippen molar-refractivity contribution >= 4 is 47.8 Å². The molecule has 1 unspecified atom stereocenters. The van der Waals surface area contributed by atoms with E-state index in [-0.39, 0.29) is 30.6 Å². The third-order valence-corrected chi connectivity index (χ3v) is 6.54. The van der Waals surface area contributed by atoms with Gasteiger partial charge < -0.3 is 16.8 Å².